The van der Waals surface area contributed by atoms with Gasteiger partial charge in [0.05, 0.1) is 12.5 Å². The highest BCUT2D eigenvalue weighted by molar-refractivity contribution is 5.70. The maximum atomic E-state index is 10.8. The number of hydrogen-bond acceptors (Lipinski definition) is 2. The third kappa shape index (κ3) is 3.84. The van der Waals surface area contributed by atoms with Crippen molar-refractivity contribution in [2.75, 3.05) is 18.0 Å². The van der Waals surface area contributed by atoms with Gasteiger partial charge in [-0.05, 0) is 19.1 Å². The van der Waals surface area contributed by atoms with Crippen LogP contribution in [0.1, 0.15) is 12.5 Å². The van der Waals surface area contributed by atoms with Crippen LogP contribution in [-0.4, -0.2) is 24.2 Å². The van der Waals surface area contributed by atoms with E-state index >= 15 is 0 Å². The van der Waals surface area contributed by atoms with Crippen molar-refractivity contribution in [3.05, 3.63) is 29.8 Å². The summed E-state index contributed by atoms with van der Waals surface area (Å²) in [6.07, 6.45) is 5.31. The van der Waals surface area contributed by atoms with Crippen molar-refractivity contribution in [1.29, 1.82) is 0 Å². The smallest absolute Gasteiger partial charge is 0.308 e. The summed E-state index contributed by atoms with van der Waals surface area (Å²) in [6, 6.07) is 7.90. The van der Waals surface area contributed by atoms with Crippen molar-refractivity contribution in [1.82, 2.24) is 0 Å². The van der Waals surface area contributed by atoms with Crippen LogP contribution in [0, 0.1) is 25.2 Å². The maximum absolute atomic E-state index is 10.8. The number of anilines is 1. The summed E-state index contributed by atoms with van der Waals surface area (Å²) in [6.45, 7) is 4.53. The quantitative estimate of drug-likeness (QED) is 0.789. The first-order valence-electron chi connectivity index (χ1n) is 5.52. The molecule has 17 heavy (non-hydrogen) atoms. The van der Waals surface area contributed by atoms with Crippen LogP contribution in [0.2, 0.25) is 0 Å². The number of carboxylic acid groups (broad SMARTS) is 1. The number of aryl methyl sites for hydroxylation is 1. The second-order valence-corrected chi connectivity index (χ2v) is 4.16. The Balaban J connectivity index is 2.82. The van der Waals surface area contributed by atoms with Crippen LogP contribution in [0.15, 0.2) is 24.3 Å². The van der Waals surface area contributed by atoms with Crippen LogP contribution in [0.4, 0.5) is 5.69 Å². The molecular weight excluding hydrogens is 214 g/mol. The van der Waals surface area contributed by atoms with Gasteiger partial charge in [-0.3, -0.25) is 4.79 Å². The molecule has 0 aliphatic carbocycles. The fourth-order valence-electron chi connectivity index (χ4n) is 1.54. The van der Waals surface area contributed by atoms with Gasteiger partial charge in [-0.2, -0.15) is 0 Å². The molecule has 3 heteroatoms. The number of carbonyl (C=O) groups is 1. The minimum Gasteiger partial charge on any atom is -0.481 e. The first-order chi connectivity index (χ1) is 8.04. The average molecular weight is 231 g/mol. The fraction of sp³-hybridized carbons (Fsp3) is 0.357. The summed E-state index contributed by atoms with van der Waals surface area (Å²) in [5.74, 6) is 1.31. The second kappa shape index (κ2) is 5.95. The van der Waals surface area contributed by atoms with Gasteiger partial charge < -0.3 is 10.0 Å². The molecule has 0 aliphatic rings. The van der Waals surface area contributed by atoms with Crippen molar-refractivity contribution < 1.29 is 9.90 Å². The summed E-state index contributed by atoms with van der Waals surface area (Å²) in [7, 11) is 0. The highest BCUT2D eigenvalue weighted by atomic mass is 16.4. The highest BCUT2D eigenvalue weighted by Crippen LogP contribution is 2.16. The van der Waals surface area contributed by atoms with Crippen LogP contribution >= 0.6 is 0 Å². The first-order valence-corrected chi connectivity index (χ1v) is 5.52. The molecule has 0 amide bonds. The van der Waals surface area contributed by atoms with E-state index in [9.17, 15) is 4.79 Å². The Bertz CT molecular complexity index is 417. The lowest BCUT2D eigenvalue weighted by Gasteiger charge is -2.24. The van der Waals surface area contributed by atoms with Crippen LogP contribution in [0.5, 0.6) is 0 Å². The second-order valence-electron chi connectivity index (χ2n) is 4.16. The van der Waals surface area contributed by atoms with Crippen LogP contribution in [0.3, 0.4) is 0 Å². The van der Waals surface area contributed by atoms with E-state index in [0.717, 1.165) is 5.69 Å². The van der Waals surface area contributed by atoms with E-state index in [1.165, 1.54) is 5.56 Å². The third-order valence-electron chi connectivity index (χ3n) is 2.60. The van der Waals surface area contributed by atoms with E-state index in [1.807, 2.05) is 36.1 Å². The third-order valence-corrected chi connectivity index (χ3v) is 2.60. The Kier molecular flexibility index (Phi) is 4.59. The van der Waals surface area contributed by atoms with E-state index < -0.39 is 11.9 Å². The fourth-order valence-corrected chi connectivity index (χ4v) is 1.54. The highest BCUT2D eigenvalue weighted by Gasteiger charge is 2.15. The van der Waals surface area contributed by atoms with Gasteiger partial charge in [0, 0.05) is 12.2 Å². The monoisotopic (exact) mass is 231 g/mol. The molecule has 0 saturated carbocycles. The van der Waals surface area contributed by atoms with Gasteiger partial charge in [-0.15, -0.1) is 6.42 Å². The topological polar surface area (TPSA) is 40.5 Å². The molecule has 1 rings (SSSR count). The molecule has 0 bridgehead atoms. The molecule has 0 fully saturated rings. The Hall–Kier alpha value is -1.95. The molecule has 0 saturated heterocycles. The minimum absolute atomic E-state index is 0.417. The minimum atomic E-state index is -0.806. The van der Waals surface area contributed by atoms with Crippen molar-refractivity contribution in [2.45, 2.75) is 13.8 Å². The molecule has 0 spiro atoms. The summed E-state index contributed by atoms with van der Waals surface area (Å²) in [5.41, 5.74) is 2.13. The molecule has 3 nitrogen and oxygen atoms in total. The number of carboxylic acids is 1. The van der Waals surface area contributed by atoms with E-state index in [-0.39, 0.29) is 0 Å². The molecule has 0 aliphatic heterocycles. The van der Waals surface area contributed by atoms with Gasteiger partial charge in [0.25, 0.3) is 0 Å². The zero-order chi connectivity index (χ0) is 12.8. The van der Waals surface area contributed by atoms with Gasteiger partial charge in [0.2, 0.25) is 0 Å². The molecule has 0 radical (unpaired) electrons. The van der Waals surface area contributed by atoms with Crippen LogP contribution in [0.25, 0.3) is 0 Å². The summed E-state index contributed by atoms with van der Waals surface area (Å²) >= 11 is 0. The zero-order valence-corrected chi connectivity index (χ0v) is 10.2. The van der Waals surface area contributed by atoms with Gasteiger partial charge in [0.1, 0.15) is 0 Å². The number of terminal acetylenes is 1. The number of hydrogen-bond donors (Lipinski definition) is 1. The molecule has 0 aromatic heterocycles. The predicted molar refractivity (Wildman–Crippen MR) is 69.0 cm³/mol. The Morgan fingerprint density at radius 2 is 2.06 bits per heavy atom. The molecule has 1 unspecified atom stereocenters. The Morgan fingerprint density at radius 1 is 1.47 bits per heavy atom. The SMILES string of the molecule is C#CCN(CC(C)C(=O)O)c1ccc(C)cc1. The molecule has 0 heterocycles. The standard InChI is InChI=1S/C14H17NO2/c1-4-9-15(10-12(3)14(16)17)13-7-5-11(2)6-8-13/h1,5-8,12H,9-10H2,2-3H3,(H,16,17). The van der Waals surface area contributed by atoms with Crippen molar-refractivity contribution in [3.63, 3.8) is 0 Å². The van der Waals surface area contributed by atoms with Crippen molar-refractivity contribution in [2.24, 2.45) is 5.92 Å². The summed E-state index contributed by atoms with van der Waals surface area (Å²) < 4.78 is 0. The van der Waals surface area contributed by atoms with E-state index in [0.29, 0.717) is 13.1 Å². The molecule has 1 N–H and O–H groups in total. The van der Waals surface area contributed by atoms with Crippen LogP contribution in [-0.2, 0) is 4.79 Å². The molecule has 1 aromatic carbocycles. The number of aliphatic carboxylic acids is 1. The van der Waals surface area contributed by atoms with E-state index in [1.54, 1.807) is 6.92 Å². The van der Waals surface area contributed by atoms with E-state index in [4.69, 9.17) is 11.5 Å². The Morgan fingerprint density at radius 3 is 2.53 bits per heavy atom. The van der Waals surface area contributed by atoms with Gasteiger partial charge >= 0.3 is 5.97 Å². The Labute approximate surface area is 102 Å². The van der Waals surface area contributed by atoms with Crippen molar-refractivity contribution >= 4 is 11.7 Å². The largest absolute Gasteiger partial charge is 0.481 e. The lowest BCUT2D eigenvalue weighted by Crippen LogP contribution is -2.32. The number of benzene rings is 1. The normalized spacial score (nSPS) is 11.6. The maximum Gasteiger partial charge on any atom is 0.308 e. The van der Waals surface area contributed by atoms with Gasteiger partial charge in [-0.1, -0.05) is 30.5 Å². The molecule has 90 valence electrons. The molecule has 1 atom stereocenters. The number of rotatable bonds is 5. The zero-order valence-electron chi connectivity index (χ0n) is 10.2. The molecular formula is C14H17NO2. The lowest BCUT2D eigenvalue weighted by molar-refractivity contribution is -0.140. The van der Waals surface area contributed by atoms with Crippen LogP contribution < -0.4 is 4.90 Å². The first kappa shape index (κ1) is 13.1. The molecule has 1 aromatic rings. The summed E-state index contributed by atoms with van der Waals surface area (Å²) in [5, 5.41) is 8.91. The predicted octanol–water partition coefficient (Wildman–Crippen LogP) is 2.16. The van der Waals surface area contributed by atoms with Crippen molar-refractivity contribution in [3.8, 4) is 12.3 Å². The lowest BCUT2D eigenvalue weighted by atomic mass is 10.1. The summed E-state index contributed by atoms with van der Waals surface area (Å²) in [4.78, 5) is 12.7. The van der Waals surface area contributed by atoms with Gasteiger partial charge in [0.15, 0.2) is 0 Å². The average Bonchev–Trinajstić information content (AvgIpc) is 2.29. The number of nitrogens with zero attached hydrogens (tertiary/aromatic N) is 1. The van der Waals surface area contributed by atoms with E-state index in [2.05, 4.69) is 5.92 Å². The van der Waals surface area contributed by atoms with Gasteiger partial charge in [-0.25, -0.2) is 0 Å².